The summed E-state index contributed by atoms with van der Waals surface area (Å²) in [6, 6.07) is -0.139. The van der Waals surface area contributed by atoms with Crippen molar-refractivity contribution in [2.45, 2.75) is 46.2 Å². The van der Waals surface area contributed by atoms with E-state index in [1.54, 1.807) is 0 Å². The van der Waals surface area contributed by atoms with Gasteiger partial charge in [0.2, 0.25) is 5.91 Å². The molecule has 0 radical (unpaired) electrons. The average molecular weight is 255 g/mol. The second-order valence-corrected chi connectivity index (χ2v) is 6.27. The Morgan fingerprint density at radius 1 is 1.39 bits per heavy atom. The van der Waals surface area contributed by atoms with E-state index in [0.717, 1.165) is 19.6 Å². The minimum atomic E-state index is -0.369. The van der Waals surface area contributed by atoms with E-state index in [-0.39, 0.29) is 23.9 Å². The largest absolute Gasteiger partial charge is 0.339 e. The SMILES string of the molecule is CC(C)[C@H](N)C(=O)N(C[C@H]1CCN(C)C1)C(C)C. The fourth-order valence-electron chi connectivity index (χ4n) is 2.49. The van der Waals surface area contributed by atoms with E-state index in [1.165, 1.54) is 6.42 Å². The van der Waals surface area contributed by atoms with Crippen LogP contribution in [0.2, 0.25) is 0 Å². The first-order valence-electron chi connectivity index (χ1n) is 7.07. The molecule has 1 saturated heterocycles. The summed E-state index contributed by atoms with van der Waals surface area (Å²) >= 11 is 0. The van der Waals surface area contributed by atoms with Crippen LogP contribution in [-0.2, 0) is 4.79 Å². The van der Waals surface area contributed by atoms with E-state index in [2.05, 4.69) is 25.8 Å². The zero-order valence-electron chi connectivity index (χ0n) is 12.5. The lowest BCUT2D eigenvalue weighted by Gasteiger charge is -2.32. The minimum absolute atomic E-state index is 0.106. The number of nitrogens with zero attached hydrogens (tertiary/aromatic N) is 2. The summed E-state index contributed by atoms with van der Waals surface area (Å²) in [5, 5.41) is 0. The van der Waals surface area contributed by atoms with E-state index < -0.39 is 0 Å². The van der Waals surface area contributed by atoms with Gasteiger partial charge in [0.05, 0.1) is 6.04 Å². The van der Waals surface area contributed by atoms with Crippen LogP contribution in [0.15, 0.2) is 0 Å². The lowest BCUT2D eigenvalue weighted by atomic mass is 10.0. The first-order valence-corrected chi connectivity index (χ1v) is 7.07. The van der Waals surface area contributed by atoms with Gasteiger partial charge in [-0.1, -0.05) is 13.8 Å². The first kappa shape index (κ1) is 15.4. The van der Waals surface area contributed by atoms with Crippen molar-refractivity contribution in [2.24, 2.45) is 17.6 Å². The van der Waals surface area contributed by atoms with Gasteiger partial charge in [-0.05, 0) is 45.7 Å². The molecule has 18 heavy (non-hydrogen) atoms. The molecule has 2 N–H and O–H groups in total. The Hall–Kier alpha value is -0.610. The van der Waals surface area contributed by atoms with Gasteiger partial charge >= 0.3 is 0 Å². The molecule has 106 valence electrons. The highest BCUT2D eigenvalue weighted by Gasteiger charge is 2.29. The van der Waals surface area contributed by atoms with Crippen LogP contribution in [0.5, 0.6) is 0 Å². The van der Waals surface area contributed by atoms with Crippen molar-refractivity contribution in [3.8, 4) is 0 Å². The molecule has 1 rings (SSSR count). The summed E-state index contributed by atoms with van der Waals surface area (Å²) in [5.41, 5.74) is 6.00. The Morgan fingerprint density at radius 2 is 2.00 bits per heavy atom. The molecule has 0 spiro atoms. The van der Waals surface area contributed by atoms with Crippen LogP contribution in [0, 0.1) is 11.8 Å². The van der Waals surface area contributed by atoms with Crippen molar-refractivity contribution < 1.29 is 4.79 Å². The highest BCUT2D eigenvalue weighted by molar-refractivity contribution is 5.82. The van der Waals surface area contributed by atoms with E-state index in [9.17, 15) is 4.79 Å². The predicted octanol–water partition coefficient (Wildman–Crippen LogP) is 1.16. The normalized spacial score (nSPS) is 22.8. The molecule has 0 unspecified atom stereocenters. The fraction of sp³-hybridized carbons (Fsp3) is 0.929. The van der Waals surface area contributed by atoms with Crippen molar-refractivity contribution in [2.75, 3.05) is 26.7 Å². The second-order valence-electron chi connectivity index (χ2n) is 6.27. The molecular weight excluding hydrogens is 226 g/mol. The number of carbonyl (C=O) groups excluding carboxylic acids is 1. The van der Waals surface area contributed by atoms with Gasteiger partial charge in [0, 0.05) is 19.1 Å². The molecule has 0 bridgehead atoms. The van der Waals surface area contributed by atoms with Crippen LogP contribution in [0.25, 0.3) is 0 Å². The van der Waals surface area contributed by atoms with Gasteiger partial charge in [0.15, 0.2) is 0 Å². The molecule has 0 aromatic carbocycles. The zero-order chi connectivity index (χ0) is 13.9. The van der Waals surface area contributed by atoms with Crippen molar-refractivity contribution in [3.63, 3.8) is 0 Å². The number of amides is 1. The molecule has 2 atom stereocenters. The fourth-order valence-corrected chi connectivity index (χ4v) is 2.49. The Morgan fingerprint density at radius 3 is 2.39 bits per heavy atom. The molecule has 1 heterocycles. The van der Waals surface area contributed by atoms with Crippen LogP contribution in [0.3, 0.4) is 0 Å². The maximum Gasteiger partial charge on any atom is 0.239 e. The third kappa shape index (κ3) is 3.95. The number of nitrogens with two attached hydrogens (primary N) is 1. The van der Waals surface area contributed by atoms with Crippen molar-refractivity contribution >= 4 is 5.91 Å². The number of hydrogen-bond donors (Lipinski definition) is 1. The van der Waals surface area contributed by atoms with Gasteiger partial charge in [0.25, 0.3) is 0 Å². The van der Waals surface area contributed by atoms with E-state index in [0.29, 0.717) is 5.92 Å². The quantitative estimate of drug-likeness (QED) is 0.802. The summed E-state index contributed by atoms with van der Waals surface area (Å²) in [4.78, 5) is 16.7. The summed E-state index contributed by atoms with van der Waals surface area (Å²) in [6.45, 7) is 11.2. The maximum absolute atomic E-state index is 12.4. The van der Waals surface area contributed by atoms with E-state index in [1.807, 2.05) is 18.7 Å². The first-order chi connectivity index (χ1) is 8.32. The molecule has 0 aromatic rings. The van der Waals surface area contributed by atoms with Gasteiger partial charge in [-0.2, -0.15) is 0 Å². The van der Waals surface area contributed by atoms with Gasteiger partial charge in [-0.25, -0.2) is 0 Å². The molecule has 1 fully saturated rings. The van der Waals surface area contributed by atoms with Crippen LogP contribution in [-0.4, -0.2) is 54.5 Å². The number of likely N-dealkylation sites (tertiary alicyclic amines) is 1. The summed E-state index contributed by atoms with van der Waals surface area (Å²) in [5.74, 6) is 0.903. The standard InChI is InChI=1S/C14H29N3O/c1-10(2)13(15)14(18)17(11(3)4)9-12-6-7-16(5)8-12/h10-13H,6-9,15H2,1-5H3/t12-,13-/m0/s1. The molecule has 4 nitrogen and oxygen atoms in total. The maximum atomic E-state index is 12.4. The zero-order valence-corrected chi connectivity index (χ0v) is 12.5. The highest BCUT2D eigenvalue weighted by Crippen LogP contribution is 2.18. The van der Waals surface area contributed by atoms with E-state index >= 15 is 0 Å². The molecule has 0 aromatic heterocycles. The van der Waals surface area contributed by atoms with Gasteiger partial charge in [0.1, 0.15) is 0 Å². The molecule has 1 aliphatic heterocycles. The van der Waals surface area contributed by atoms with Crippen LogP contribution in [0.1, 0.15) is 34.1 Å². The Kier molecular flexibility index (Phi) is 5.60. The Labute approximate surface area is 111 Å². The van der Waals surface area contributed by atoms with Gasteiger partial charge < -0.3 is 15.5 Å². The molecular formula is C14H29N3O. The lowest BCUT2D eigenvalue weighted by molar-refractivity contribution is -0.136. The van der Waals surface area contributed by atoms with E-state index in [4.69, 9.17) is 5.73 Å². The smallest absolute Gasteiger partial charge is 0.239 e. The lowest BCUT2D eigenvalue weighted by Crippen LogP contribution is -2.50. The molecule has 0 saturated carbocycles. The Balaban J connectivity index is 2.62. The van der Waals surface area contributed by atoms with Crippen molar-refractivity contribution in [1.82, 2.24) is 9.80 Å². The summed E-state index contributed by atoms with van der Waals surface area (Å²) in [7, 11) is 2.14. The van der Waals surface area contributed by atoms with Gasteiger partial charge in [-0.15, -0.1) is 0 Å². The second kappa shape index (κ2) is 6.53. The number of carbonyl (C=O) groups is 1. The monoisotopic (exact) mass is 255 g/mol. The summed E-state index contributed by atoms with van der Waals surface area (Å²) < 4.78 is 0. The topological polar surface area (TPSA) is 49.6 Å². The summed E-state index contributed by atoms with van der Waals surface area (Å²) in [6.07, 6.45) is 1.18. The molecule has 4 heteroatoms. The minimum Gasteiger partial charge on any atom is -0.339 e. The number of hydrogen-bond acceptors (Lipinski definition) is 3. The number of rotatable bonds is 5. The van der Waals surface area contributed by atoms with Crippen molar-refractivity contribution in [3.05, 3.63) is 0 Å². The third-order valence-electron chi connectivity index (χ3n) is 3.85. The molecule has 0 aliphatic carbocycles. The van der Waals surface area contributed by atoms with Crippen LogP contribution < -0.4 is 5.73 Å². The van der Waals surface area contributed by atoms with Crippen LogP contribution >= 0.6 is 0 Å². The predicted molar refractivity (Wildman–Crippen MR) is 75.3 cm³/mol. The van der Waals surface area contributed by atoms with Gasteiger partial charge in [-0.3, -0.25) is 4.79 Å². The molecule has 1 aliphatic rings. The average Bonchev–Trinajstić information content (AvgIpc) is 2.69. The highest BCUT2D eigenvalue weighted by atomic mass is 16.2. The molecule has 1 amide bonds. The van der Waals surface area contributed by atoms with Crippen LogP contribution in [0.4, 0.5) is 0 Å². The third-order valence-corrected chi connectivity index (χ3v) is 3.85. The Bertz CT molecular complexity index is 278. The van der Waals surface area contributed by atoms with Crippen molar-refractivity contribution in [1.29, 1.82) is 0 Å².